The minimum absolute atomic E-state index is 0.161. The van der Waals surface area contributed by atoms with E-state index in [-0.39, 0.29) is 13.6 Å². The van der Waals surface area contributed by atoms with Gasteiger partial charge in [-0.3, -0.25) is 0 Å². The molecule has 406 valence electrons. The van der Waals surface area contributed by atoms with E-state index in [1.54, 1.807) is 241 Å². The lowest BCUT2D eigenvalue weighted by Gasteiger charge is -2.32. The molecule has 0 bridgehead atoms. The van der Waals surface area contributed by atoms with Gasteiger partial charge in [0.15, 0.2) is 13.6 Å². The molecule has 0 saturated heterocycles. The molecular weight excluding hydrogens is 1120 g/mol. The molecule has 5 aliphatic rings. The summed E-state index contributed by atoms with van der Waals surface area (Å²) < 4.78 is 33.6. The molecular formula is C83H26O8. The molecule has 0 heterocycles. The lowest BCUT2D eigenvalue weighted by Crippen LogP contribution is -2.27. The van der Waals surface area contributed by atoms with Crippen LogP contribution in [-0.2, 0) is 44.7 Å². The molecule has 0 radical (unpaired) electrons. The number of benzene rings is 20. The van der Waals surface area contributed by atoms with Crippen molar-refractivity contribution >= 4 is 303 Å². The number of hydrogen-bond donors (Lipinski definition) is 0. The zero-order valence-corrected chi connectivity index (χ0v) is 47.6. The molecule has 2 spiro atoms. The third kappa shape index (κ3) is 2.57. The Bertz CT molecular complexity index is 7680. The van der Waals surface area contributed by atoms with Gasteiger partial charge >= 0.3 is 11.9 Å². The van der Waals surface area contributed by atoms with Crippen LogP contribution >= 0.6 is 0 Å². The van der Waals surface area contributed by atoms with E-state index in [9.17, 15) is 9.59 Å². The van der Waals surface area contributed by atoms with Gasteiger partial charge in [0.1, 0.15) is 0 Å². The highest BCUT2D eigenvalue weighted by Gasteiger charge is 2.95. The van der Waals surface area contributed by atoms with Gasteiger partial charge in [-0.15, -0.1) is 0 Å². The first-order valence-electron chi connectivity index (χ1n) is 32.6. The van der Waals surface area contributed by atoms with Crippen molar-refractivity contribution in [2.45, 2.75) is 16.2 Å². The van der Waals surface area contributed by atoms with Crippen LogP contribution < -0.4 is 0 Å². The fourth-order valence-electron chi connectivity index (χ4n) is 28.1. The molecule has 0 unspecified atom stereocenters. The van der Waals surface area contributed by atoms with Crippen molar-refractivity contribution in [1.29, 1.82) is 0 Å². The second-order valence-corrected chi connectivity index (χ2v) is 30.1. The number of rotatable bonds is 14. The van der Waals surface area contributed by atoms with E-state index >= 15 is 0 Å². The summed E-state index contributed by atoms with van der Waals surface area (Å²) in [5, 5.41) is 83.7. The second kappa shape index (κ2) is 10.2. The van der Waals surface area contributed by atoms with Crippen LogP contribution in [0.1, 0.15) is 54.1 Å². The first kappa shape index (κ1) is 39.6. The molecule has 0 atom stereocenters. The van der Waals surface area contributed by atoms with Gasteiger partial charge < -0.3 is 28.4 Å². The number of hydrogen-bond acceptors (Lipinski definition) is 8. The Morgan fingerprint density at radius 3 is 0.593 bits per heavy atom. The molecule has 1 saturated carbocycles. The van der Waals surface area contributed by atoms with Crippen LogP contribution in [0.15, 0.2) is 48.5 Å². The lowest BCUT2D eigenvalue weighted by atomic mass is 9.68. The smallest absolute Gasteiger partial charge is 0.340 e. The van der Waals surface area contributed by atoms with Crippen LogP contribution in [0, 0.1) is 0 Å². The number of carbonyl (C=O) groups excluding carboxylic acids is 2. The van der Waals surface area contributed by atoms with Crippen molar-refractivity contribution in [3.8, 4) is 0 Å². The minimum atomic E-state index is -0.804. The zero-order chi connectivity index (χ0) is 56.6. The zero-order valence-electron chi connectivity index (χ0n) is 47.6. The Balaban J connectivity index is 0.873. The Kier molecular flexibility index (Phi) is 4.45. The lowest BCUT2D eigenvalue weighted by molar-refractivity contribution is -0.0441. The molecule has 30 aromatic carbocycles. The van der Waals surface area contributed by atoms with E-state index in [1.165, 1.54) is 97.3 Å². The van der Waals surface area contributed by atoms with Gasteiger partial charge in [0.2, 0.25) is 0 Å². The molecule has 0 aromatic heterocycles. The average molecular weight is 1150 g/mol. The van der Waals surface area contributed by atoms with Gasteiger partial charge in [0.25, 0.3) is 0 Å². The fourth-order valence-corrected chi connectivity index (χ4v) is 28.1. The number of esters is 2. The fraction of sp³-hybridized carbons (Fsp3) is 0.133. The summed E-state index contributed by atoms with van der Waals surface area (Å²) in [5.74, 6) is -0.845. The molecule has 8 heteroatoms. The minimum Gasteiger partial charge on any atom is -0.435 e. The monoisotopic (exact) mass is 1150 g/mol. The first-order chi connectivity index (χ1) is 45.1. The van der Waals surface area contributed by atoms with Gasteiger partial charge in [0.05, 0.1) is 53.8 Å². The van der Waals surface area contributed by atoms with Gasteiger partial charge in [-0.1, -0.05) is 24.3 Å². The molecule has 35 rings (SSSR count). The largest absolute Gasteiger partial charge is 0.435 e. The van der Waals surface area contributed by atoms with Crippen LogP contribution in [0.2, 0.25) is 0 Å². The average Bonchev–Trinajstić information content (AvgIpc) is 1.35. The highest BCUT2D eigenvalue weighted by molar-refractivity contribution is 6.82. The van der Waals surface area contributed by atoms with Crippen molar-refractivity contribution in [3.63, 3.8) is 0 Å². The van der Waals surface area contributed by atoms with Gasteiger partial charge in [-0.05, 0) is 349 Å². The molecule has 0 aliphatic heterocycles. The molecule has 5 aliphatic carbocycles. The SMILES string of the molecule is COCCOCOC(=O)c1ccc(C2(c3ccc(C(=O)OCOCCOC)cc3)C34c5c6c7c8c9c%10c(c%11c%12c3c3c5c5c%13c6c6c7c7c9c9c%14c%10c%10c%11c%11c%12c%12c3c3c5c5c%13c%13c6c6c7c9c7c9c%14c%10c%10c%11c%11c%12c3c3c5c5c%13c6c7c6c9c%10c%11c3c56)C824)cc1. The third-order valence-corrected chi connectivity index (χ3v) is 28.9. The summed E-state index contributed by atoms with van der Waals surface area (Å²) in [7, 11) is 3.28. The van der Waals surface area contributed by atoms with Crippen molar-refractivity contribution in [3.05, 3.63) is 93.0 Å². The molecule has 91 heavy (non-hydrogen) atoms. The molecule has 0 N–H and O–H groups in total. The standard InChI is InChI=1S/C83H26O8/c1-86-11-13-88-15-90-79(84)17-3-7-19(8-4-17)81(20-9-5-18(6-10-20)80(85)91-16-89-14-12-87-2)82-75-67-59-49-39-31-23-21-22-25-29-27(23)35-43-37(29)47-41-33(25)34-26(22)30-28-24(21)32(31)40-46-36(28)44-38(30)48-42(34)52-51(41)61-55(47)65-57(43)63(53(59)45(35)39)71(75)73(65)77-69(61)70-62(52)56(48)66-58(44)64-54(46)60(50(40)49)68(67)76(82)72(64)74(66)78(70)83(77,81)82/h3-10H,11-16H2,1-2H3. The van der Waals surface area contributed by atoms with E-state index in [2.05, 4.69) is 24.3 Å². The van der Waals surface area contributed by atoms with Crippen molar-refractivity contribution in [2.75, 3.05) is 54.2 Å². The summed E-state index contributed by atoms with van der Waals surface area (Å²) in [4.78, 5) is 28.7. The quantitative estimate of drug-likeness (QED) is 0.0460. The van der Waals surface area contributed by atoms with Crippen LogP contribution in [-0.4, -0.2) is 66.2 Å². The van der Waals surface area contributed by atoms with E-state index in [0.717, 1.165) is 0 Å². The summed E-state index contributed by atoms with van der Waals surface area (Å²) in [6, 6.07) is 17.4. The van der Waals surface area contributed by atoms with Crippen LogP contribution in [0.25, 0.3) is 291 Å². The topological polar surface area (TPSA) is 89.5 Å². The number of carbonyl (C=O) groups is 2. The molecule has 8 nitrogen and oxygen atoms in total. The van der Waals surface area contributed by atoms with Crippen molar-refractivity contribution in [1.82, 2.24) is 0 Å². The predicted octanol–water partition coefficient (Wildman–Crippen LogP) is 18.8. The van der Waals surface area contributed by atoms with E-state index < -0.39 is 28.2 Å². The number of ether oxygens (including phenoxy) is 6. The van der Waals surface area contributed by atoms with Crippen molar-refractivity contribution in [2.24, 2.45) is 0 Å². The van der Waals surface area contributed by atoms with Gasteiger partial charge in [-0.2, -0.15) is 0 Å². The summed E-state index contributed by atoms with van der Waals surface area (Å²) >= 11 is 0. The van der Waals surface area contributed by atoms with Crippen LogP contribution in [0.5, 0.6) is 0 Å². The summed E-state index contributed by atoms with van der Waals surface area (Å²) in [6.07, 6.45) is 0. The van der Waals surface area contributed by atoms with E-state index in [4.69, 9.17) is 28.4 Å². The molecule has 1 fully saturated rings. The van der Waals surface area contributed by atoms with Crippen LogP contribution in [0.4, 0.5) is 0 Å². The maximum Gasteiger partial charge on any atom is 0.340 e. The molecule has 0 amide bonds. The van der Waals surface area contributed by atoms with Gasteiger partial charge in [-0.25, -0.2) is 9.59 Å². The van der Waals surface area contributed by atoms with E-state index in [1.807, 2.05) is 24.3 Å². The molecule has 30 aromatic rings. The van der Waals surface area contributed by atoms with Crippen LogP contribution in [0.3, 0.4) is 0 Å². The Hall–Kier alpha value is -10.3. The Morgan fingerprint density at radius 1 is 0.242 bits per heavy atom. The first-order valence-corrected chi connectivity index (χ1v) is 32.6. The third-order valence-electron chi connectivity index (χ3n) is 28.9. The normalized spacial score (nSPS) is 18.1. The van der Waals surface area contributed by atoms with Crippen molar-refractivity contribution < 1.29 is 38.0 Å². The Labute approximate surface area is 501 Å². The second-order valence-electron chi connectivity index (χ2n) is 30.1. The summed E-state index contributed by atoms with van der Waals surface area (Å²) in [5.41, 5.74) is 7.39. The highest BCUT2D eigenvalue weighted by Crippen LogP contribution is 2.97. The Morgan fingerprint density at radius 2 is 0.418 bits per heavy atom. The number of methoxy groups -OCH3 is 2. The predicted molar refractivity (Wildman–Crippen MR) is 364 cm³/mol. The van der Waals surface area contributed by atoms with E-state index in [0.29, 0.717) is 37.6 Å². The summed E-state index contributed by atoms with van der Waals surface area (Å²) in [6.45, 7) is 1.15. The maximum atomic E-state index is 14.3. The van der Waals surface area contributed by atoms with Gasteiger partial charge in [0, 0.05) is 14.2 Å². The maximum absolute atomic E-state index is 14.3. The highest BCUT2D eigenvalue weighted by atomic mass is 16.7.